The number of nitrogens with two attached hydrogens (primary N) is 1. The maximum absolute atomic E-state index is 11.9. The molecular weight excluding hydrogens is 214 g/mol. The minimum absolute atomic E-state index is 0.0502. The molecule has 1 rings (SSSR count). The Morgan fingerprint density at radius 2 is 1.94 bits per heavy atom. The molecular formula is C13H21N3O. The fraction of sp³-hybridized carbons (Fsp3) is 0.462. The topological polar surface area (TPSA) is 58.4 Å². The number of carbonyl (C=O) groups is 1. The van der Waals surface area contributed by atoms with E-state index in [1.54, 1.807) is 4.90 Å². The molecule has 94 valence electrons. The Morgan fingerprint density at radius 1 is 1.35 bits per heavy atom. The third-order valence-electron chi connectivity index (χ3n) is 2.85. The number of rotatable bonds is 4. The lowest BCUT2D eigenvalue weighted by Gasteiger charge is -2.23. The molecule has 4 nitrogen and oxygen atoms in total. The third kappa shape index (κ3) is 3.37. The van der Waals surface area contributed by atoms with Gasteiger partial charge in [0.2, 0.25) is 0 Å². The summed E-state index contributed by atoms with van der Waals surface area (Å²) in [5, 5.41) is 2.95. The van der Waals surface area contributed by atoms with E-state index < -0.39 is 0 Å². The summed E-state index contributed by atoms with van der Waals surface area (Å²) >= 11 is 0. The van der Waals surface area contributed by atoms with Gasteiger partial charge in [0.15, 0.2) is 0 Å². The summed E-state index contributed by atoms with van der Waals surface area (Å²) < 4.78 is 0. The van der Waals surface area contributed by atoms with Crippen molar-refractivity contribution in [2.45, 2.75) is 26.8 Å². The largest absolute Gasteiger partial charge is 0.398 e. The summed E-state index contributed by atoms with van der Waals surface area (Å²) in [4.78, 5) is 13.6. The number of nitrogens with one attached hydrogen (secondary N) is 1. The molecule has 0 spiro atoms. The monoisotopic (exact) mass is 235 g/mol. The number of hydrogen-bond acceptors (Lipinski definition) is 2. The first-order valence-electron chi connectivity index (χ1n) is 6.00. The molecule has 0 fully saturated rings. The highest BCUT2D eigenvalue weighted by atomic mass is 16.2. The Morgan fingerprint density at radius 3 is 2.47 bits per heavy atom. The van der Waals surface area contributed by atoms with Gasteiger partial charge in [-0.1, -0.05) is 18.2 Å². The Bertz CT molecular complexity index is 375. The molecule has 1 unspecified atom stereocenters. The van der Waals surface area contributed by atoms with Crippen LogP contribution in [0.3, 0.4) is 0 Å². The van der Waals surface area contributed by atoms with Gasteiger partial charge in [0.1, 0.15) is 0 Å². The lowest BCUT2D eigenvalue weighted by molar-refractivity contribution is 0.200. The van der Waals surface area contributed by atoms with E-state index in [0.29, 0.717) is 18.8 Å². The summed E-state index contributed by atoms with van der Waals surface area (Å²) in [6, 6.07) is 7.46. The number of nitrogens with zero attached hydrogens (tertiary/aromatic N) is 1. The fourth-order valence-corrected chi connectivity index (χ4v) is 1.77. The lowest BCUT2D eigenvalue weighted by Crippen LogP contribution is -2.40. The summed E-state index contributed by atoms with van der Waals surface area (Å²) in [7, 11) is 0. The molecule has 4 heteroatoms. The van der Waals surface area contributed by atoms with Crippen molar-refractivity contribution in [3.05, 3.63) is 29.8 Å². The molecule has 2 amide bonds. The molecule has 0 heterocycles. The number of amides is 2. The second-order valence-electron chi connectivity index (χ2n) is 3.97. The van der Waals surface area contributed by atoms with Crippen molar-refractivity contribution in [3.8, 4) is 0 Å². The van der Waals surface area contributed by atoms with E-state index in [0.717, 1.165) is 5.56 Å². The van der Waals surface area contributed by atoms with Crippen LogP contribution in [0.4, 0.5) is 10.5 Å². The van der Waals surface area contributed by atoms with Gasteiger partial charge in [-0.2, -0.15) is 0 Å². The summed E-state index contributed by atoms with van der Waals surface area (Å²) in [6.07, 6.45) is 0. The van der Waals surface area contributed by atoms with Crippen molar-refractivity contribution in [1.29, 1.82) is 0 Å². The molecule has 17 heavy (non-hydrogen) atoms. The van der Waals surface area contributed by atoms with Crippen molar-refractivity contribution < 1.29 is 4.79 Å². The Labute approximate surface area is 103 Å². The van der Waals surface area contributed by atoms with Gasteiger partial charge < -0.3 is 16.0 Å². The molecule has 3 N–H and O–H groups in total. The third-order valence-corrected chi connectivity index (χ3v) is 2.85. The van der Waals surface area contributed by atoms with Gasteiger partial charge in [-0.3, -0.25) is 0 Å². The van der Waals surface area contributed by atoms with E-state index in [-0.39, 0.29) is 12.1 Å². The molecule has 0 aromatic heterocycles. The first kappa shape index (κ1) is 13.4. The minimum atomic E-state index is -0.0794. The highest BCUT2D eigenvalue weighted by Gasteiger charge is 2.14. The molecule has 0 saturated carbocycles. The Balaban J connectivity index is 2.70. The van der Waals surface area contributed by atoms with E-state index in [9.17, 15) is 4.79 Å². The van der Waals surface area contributed by atoms with E-state index >= 15 is 0 Å². The average Bonchev–Trinajstić information content (AvgIpc) is 2.31. The van der Waals surface area contributed by atoms with Crippen molar-refractivity contribution in [3.63, 3.8) is 0 Å². The molecule has 0 bridgehead atoms. The number of urea groups is 1. The van der Waals surface area contributed by atoms with Crippen LogP contribution < -0.4 is 11.1 Å². The van der Waals surface area contributed by atoms with Crippen LogP contribution in [0.5, 0.6) is 0 Å². The van der Waals surface area contributed by atoms with E-state index in [2.05, 4.69) is 5.32 Å². The molecule has 0 aliphatic heterocycles. The highest BCUT2D eigenvalue weighted by molar-refractivity contribution is 5.75. The smallest absolute Gasteiger partial charge is 0.317 e. The van der Waals surface area contributed by atoms with Gasteiger partial charge in [-0.25, -0.2) is 4.79 Å². The van der Waals surface area contributed by atoms with Crippen LogP contribution in [-0.2, 0) is 0 Å². The number of anilines is 1. The quantitative estimate of drug-likeness (QED) is 0.787. The number of para-hydroxylation sites is 1. The van der Waals surface area contributed by atoms with Gasteiger partial charge in [-0.15, -0.1) is 0 Å². The first-order chi connectivity index (χ1) is 8.10. The van der Waals surface area contributed by atoms with Crippen LogP contribution in [0.25, 0.3) is 0 Å². The predicted molar refractivity (Wildman–Crippen MR) is 70.7 cm³/mol. The van der Waals surface area contributed by atoms with Crippen LogP contribution in [0.2, 0.25) is 0 Å². The van der Waals surface area contributed by atoms with Crippen LogP contribution in [0.1, 0.15) is 32.4 Å². The zero-order valence-electron chi connectivity index (χ0n) is 10.7. The maximum Gasteiger partial charge on any atom is 0.317 e. The first-order valence-corrected chi connectivity index (χ1v) is 6.00. The highest BCUT2D eigenvalue weighted by Crippen LogP contribution is 2.19. The normalized spacial score (nSPS) is 11.9. The lowest BCUT2D eigenvalue weighted by atomic mass is 10.1. The SMILES string of the molecule is CCN(CC)C(=O)NC(C)c1ccccc1N. The summed E-state index contributed by atoms with van der Waals surface area (Å²) in [5.41, 5.74) is 7.53. The minimum Gasteiger partial charge on any atom is -0.398 e. The number of carbonyl (C=O) groups excluding carboxylic acids is 1. The fourth-order valence-electron chi connectivity index (χ4n) is 1.77. The molecule has 0 aliphatic carbocycles. The van der Waals surface area contributed by atoms with Crippen molar-refractivity contribution in [2.75, 3.05) is 18.8 Å². The van der Waals surface area contributed by atoms with Crippen LogP contribution >= 0.6 is 0 Å². The Hall–Kier alpha value is -1.71. The molecule has 0 saturated heterocycles. The van der Waals surface area contributed by atoms with Gasteiger partial charge in [-0.05, 0) is 32.4 Å². The molecule has 1 atom stereocenters. The van der Waals surface area contributed by atoms with Crippen molar-refractivity contribution in [2.24, 2.45) is 0 Å². The van der Waals surface area contributed by atoms with E-state index in [1.165, 1.54) is 0 Å². The van der Waals surface area contributed by atoms with Gasteiger partial charge in [0.05, 0.1) is 6.04 Å². The Kier molecular flexibility index (Phi) is 4.82. The molecule has 0 aliphatic rings. The van der Waals surface area contributed by atoms with Crippen molar-refractivity contribution in [1.82, 2.24) is 10.2 Å². The second-order valence-corrected chi connectivity index (χ2v) is 3.97. The standard InChI is InChI=1S/C13H21N3O/c1-4-16(5-2)13(17)15-10(3)11-8-6-7-9-12(11)14/h6-10H,4-5,14H2,1-3H3,(H,15,17). The van der Waals surface area contributed by atoms with Crippen LogP contribution in [0, 0.1) is 0 Å². The zero-order valence-corrected chi connectivity index (χ0v) is 10.7. The van der Waals surface area contributed by atoms with Gasteiger partial charge in [0.25, 0.3) is 0 Å². The summed E-state index contributed by atoms with van der Waals surface area (Å²) in [5.74, 6) is 0. The van der Waals surface area contributed by atoms with E-state index in [4.69, 9.17) is 5.73 Å². The van der Waals surface area contributed by atoms with Gasteiger partial charge >= 0.3 is 6.03 Å². The summed E-state index contributed by atoms with van der Waals surface area (Å²) in [6.45, 7) is 7.28. The maximum atomic E-state index is 11.9. The molecule has 1 aromatic carbocycles. The zero-order chi connectivity index (χ0) is 12.8. The van der Waals surface area contributed by atoms with Crippen LogP contribution in [0.15, 0.2) is 24.3 Å². The van der Waals surface area contributed by atoms with Gasteiger partial charge in [0, 0.05) is 18.8 Å². The van der Waals surface area contributed by atoms with Crippen molar-refractivity contribution >= 4 is 11.7 Å². The average molecular weight is 235 g/mol. The number of hydrogen-bond donors (Lipinski definition) is 2. The molecule has 1 aromatic rings. The molecule has 0 radical (unpaired) electrons. The number of benzene rings is 1. The number of nitrogen functional groups attached to an aromatic ring is 1. The second kappa shape index (κ2) is 6.13. The van der Waals surface area contributed by atoms with E-state index in [1.807, 2.05) is 45.0 Å². The van der Waals surface area contributed by atoms with Crippen LogP contribution in [-0.4, -0.2) is 24.0 Å². The predicted octanol–water partition coefficient (Wildman–Crippen LogP) is 2.38.